The van der Waals surface area contributed by atoms with Crippen LogP contribution >= 0.6 is 0 Å². The summed E-state index contributed by atoms with van der Waals surface area (Å²) in [5.41, 5.74) is 2.73. The summed E-state index contributed by atoms with van der Waals surface area (Å²) < 4.78 is 7.33. The number of carbonyl (C=O) groups excluding carboxylic acids is 1. The number of ether oxygens (including phenoxy) is 1. The van der Waals surface area contributed by atoms with Crippen LogP contribution in [0, 0.1) is 0 Å². The van der Waals surface area contributed by atoms with E-state index in [1.54, 1.807) is 12.7 Å². The van der Waals surface area contributed by atoms with E-state index in [9.17, 15) is 4.79 Å². The molecular weight excluding hydrogens is 408 g/mol. The number of fused-ring (bicyclic) bond motifs is 2. The molecule has 0 radical (unpaired) electrons. The minimum atomic E-state index is -0.508. The second-order valence-electron chi connectivity index (χ2n) is 8.96. The quantitative estimate of drug-likeness (QED) is 0.509. The first-order valence-corrected chi connectivity index (χ1v) is 10.8. The molecule has 1 fully saturated rings. The molecule has 166 valence electrons. The Kier molecular flexibility index (Phi) is 4.91. The van der Waals surface area contributed by atoms with Crippen molar-refractivity contribution in [2.75, 3.05) is 18.0 Å². The minimum Gasteiger partial charge on any atom is -0.444 e. The first-order chi connectivity index (χ1) is 15.4. The minimum absolute atomic E-state index is 0.0623. The molecule has 4 aromatic rings. The molecule has 5 rings (SSSR count). The number of hydrogen-bond donors (Lipinski definition) is 2. The predicted molar refractivity (Wildman–Crippen MR) is 121 cm³/mol. The Bertz CT molecular complexity index is 1260. The maximum Gasteiger partial charge on any atom is 0.407 e. The van der Waals surface area contributed by atoms with Crippen LogP contribution in [0.5, 0.6) is 0 Å². The third-order valence-electron chi connectivity index (χ3n) is 5.44. The lowest BCUT2D eigenvalue weighted by Gasteiger charge is -2.33. The van der Waals surface area contributed by atoms with Crippen LogP contribution in [0.2, 0.25) is 0 Å². The Hall–Kier alpha value is -3.69. The molecule has 0 saturated carbocycles. The highest BCUT2D eigenvalue weighted by Crippen LogP contribution is 2.25. The van der Waals surface area contributed by atoms with Gasteiger partial charge in [0.1, 0.15) is 17.4 Å². The standard InChI is InChI=1S/C22H26N8O2/c1-22(2,3)32-21(31)26-14-8-10-29(11-9-14)20-27-18-17(23-12-24-18)19(28-20)30-13-25-15-6-4-5-7-16(15)30/h4-7,12-14H,8-11H2,1-3H3,(H,26,31)(H,23,24,27,28). The summed E-state index contributed by atoms with van der Waals surface area (Å²) in [7, 11) is 0. The normalized spacial score (nSPS) is 15.4. The van der Waals surface area contributed by atoms with E-state index in [-0.39, 0.29) is 12.1 Å². The van der Waals surface area contributed by atoms with Gasteiger partial charge in [-0.1, -0.05) is 12.1 Å². The smallest absolute Gasteiger partial charge is 0.407 e. The van der Waals surface area contributed by atoms with E-state index in [0.717, 1.165) is 42.5 Å². The number of piperidine rings is 1. The average molecular weight is 435 g/mol. The molecule has 1 aliphatic rings. The molecule has 32 heavy (non-hydrogen) atoms. The number of para-hydroxylation sites is 2. The highest BCUT2D eigenvalue weighted by molar-refractivity contribution is 5.84. The van der Waals surface area contributed by atoms with Gasteiger partial charge in [-0.2, -0.15) is 9.97 Å². The fourth-order valence-corrected chi connectivity index (χ4v) is 3.95. The van der Waals surface area contributed by atoms with E-state index < -0.39 is 5.60 Å². The van der Waals surface area contributed by atoms with Crippen molar-refractivity contribution < 1.29 is 9.53 Å². The van der Waals surface area contributed by atoms with Gasteiger partial charge in [-0.3, -0.25) is 4.57 Å². The third-order valence-corrected chi connectivity index (χ3v) is 5.44. The number of anilines is 1. The Morgan fingerprint density at radius 1 is 1.16 bits per heavy atom. The van der Waals surface area contributed by atoms with E-state index in [0.29, 0.717) is 17.4 Å². The lowest BCUT2D eigenvalue weighted by molar-refractivity contribution is 0.0497. The predicted octanol–water partition coefficient (Wildman–Crippen LogP) is 3.19. The Labute approximate surface area is 185 Å². The van der Waals surface area contributed by atoms with E-state index in [4.69, 9.17) is 9.72 Å². The lowest BCUT2D eigenvalue weighted by atomic mass is 10.1. The maximum absolute atomic E-state index is 12.1. The molecule has 0 spiro atoms. The van der Waals surface area contributed by atoms with Crippen LogP contribution in [0.1, 0.15) is 33.6 Å². The van der Waals surface area contributed by atoms with Crippen LogP contribution in [0.4, 0.5) is 10.7 Å². The Morgan fingerprint density at radius 2 is 1.94 bits per heavy atom. The summed E-state index contributed by atoms with van der Waals surface area (Å²) in [6, 6.07) is 8.00. The summed E-state index contributed by atoms with van der Waals surface area (Å²) in [6.07, 6.45) is 4.59. The van der Waals surface area contributed by atoms with E-state index in [1.807, 2.05) is 49.6 Å². The van der Waals surface area contributed by atoms with Crippen molar-refractivity contribution in [3.8, 4) is 5.82 Å². The Morgan fingerprint density at radius 3 is 2.72 bits per heavy atom. The van der Waals surface area contributed by atoms with Gasteiger partial charge < -0.3 is 19.9 Å². The van der Waals surface area contributed by atoms with Gasteiger partial charge in [-0.05, 0) is 45.7 Å². The van der Waals surface area contributed by atoms with E-state index in [2.05, 4.69) is 30.2 Å². The summed E-state index contributed by atoms with van der Waals surface area (Å²) in [5.74, 6) is 1.33. The van der Waals surface area contributed by atoms with Gasteiger partial charge in [-0.15, -0.1) is 0 Å². The largest absolute Gasteiger partial charge is 0.444 e. The molecule has 1 saturated heterocycles. The number of hydrogen-bond acceptors (Lipinski definition) is 7. The fraction of sp³-hybridized carbons (Fsp3) is 0.409. The SMILES string of the molecule is CC(C)(C)OC(=O)NC1CCN(c2nc(-n3cnc4ccccc43)c3[nH]cnc3n2)CC1. The molecule has 4 heterocycles. The van der Waals surface area contributed by atoms with Crippen molar-refractivity contribution in [2.45, 2.75) is 45.3 Å². The van der Waals surface area contributed by atoms with Crippen molar-refractivity contribution in [1.82, 2.24) is 34.8 Å². The number of H-pyrrole nitrogens is 1. The van der Waals surface area contributed by atoms with Gasteiger partial charge in [0, 0.05) is 19.1 Å². The Balaban J connectivity index is 1.38. The van der Waals surface area contributed by atoms with Crippen LogP contribution < -0.4 is 10.2 Å². The van der Waals surface area contributed by atoms with Gasteiger partial charge in [0.05, 0.1) is 17.4 Å². The number of alkyl carbamates (subject to hydrolysis) is 1. The molecule has 1 aromatic carbocycles. The van der Waals surface area contributed by atoms with Crippen LogP contribution in [0.15, 0.2) is 36.9 Å². The van der Waals surface area contributed by atoms with Crippen LogP contribution in [-0.2, 0) is 4.74 Å². The van der Waals surface area contributed by atoms with Crippen molar-refractivity contribution in [3.63, 3.8) is 0 Å². The number of rotatable bonds is 3. The fourth-order valence-electron chi connectivity index (χ4n) is 3.95. The molecule has 10 nitrogen and oxygen atoms in total. The molecule has 2 N–H and O–H groups in total. The van der Waals surface area contributed by atoms with Crippen LogP contribution in [-0.4, -0.2) is 60.3 Å². The van der Waals surface area contributed by atoms with Crippen molar-refractivity contribution in [2.24, 2.45) is 0 Å². The third kappa shape index (κ3) is 3.95. The summed E-state index contributed by atoms with van der Waals surface area (Å²) in [5, 5.41) is 2.97. The number of aromatic amines is 1. The van der Waals surface area contributed by atoms with Gasteiger partial charge >= 0.3 is 6.09 Å². The van der Waals surface area contributed by atoms with Crippen molar-refractivity contribution in [1.29, 1.82) is 0 Å². The number of benzene rings is 1. The topological polar surface area (TPSA) is 114 Å². The van der Waals surface area contributed by atoms with Crippen molar-refractivity contribution >= 4 is 34.2 Å². The van der Waals surface area contributed by atoms with Gasteiger partial charge in [0.15, 0.2) is 11.5 Å². The second-order valence-corrected chi connectivity index (χ2v) is 8.96. The number of nitrogens with zero attached hydrogens (tertiary/aromatic N) is 6. The van der Waals surface area contributed by atoms with Crippen LogP contribution in [0.25, 0.3) is 28.0 Å². The summed E-state index contributed by atoms with van der Waals surface area (Å²) in [6.45, 7) is 7.03. The van der Waals surface area contributed by atoms with Crippen LogP contribution in [0.3, 0.4) is 0 Å². The first-order valence-electron chi connectivity index (χ1n) is 10.8. The molecular formula is C22H26N8O2. The highest BCUT2D eigenvalue weighted by Gasteiger charge is 2.26. The van der Waals surface area contributed by atoms with E-state index >= 15 is 0 Å². The van der Waals surface area contributed by atoms with Gasteiger partial charge in [0.2, 0.25) is 5.95 Å². The van der Waals surface area contributed by atoms with E-state index in [1.165, 1.54) is 0 Å². The molecule has 0 atom stereocenters. The monoisotopic (exact) mass is 434 g/mol. The molecule has 0 bridgehead atoms. The molecule has 3 aromatic heterocycles. The van der Waals surface area contributed by atoms with Gasteiger partial charge in [-0.25, -0.2) is 14.8 Å². The summed E-state index contributed by atoms with van der Waals surface area (Å²) in [4.78, 5) is 35.8. The second kappa shape index (κ2) is 7.77. The zero-order chi connectivity index (χ0) is 22.3. The molecule has 10 heteroatoms. The number of imidazole rings is 2. The van der Waals surface area contributed by atoms with Crippen molar-refractivity contribution in [3.05, 3.63) is 36.9 Å². The zero-order valence-corrected chi connectivity index (χ0v) is 18.4. The first kappa shape index (κ1) is 20.2. The highest BCUT2D eigenvalue weighted by atomic mass is 16.6. The molecule has 0 aliphatic carbocycles. The maximum atomic E-state index is 12.1. The zero-order valence-electron chi connectivity index (χ0n) is 18.4. The lowest BCUT2D eigenvalue weighted by Crippen LogP contribution is -2.46. The molecule has 1 amide bonds. The molecule has 0 unspecified atom stereocenters. The average Bonchev–Trinajstić information content (AvgIpc) is 3.39. The van der Waals surface area contributed by atoms with Gasteiger partial charge in [0.25, 0.3) is 0 Å². The summed E-state index contributed by atoms with van der Waals surface area (Å²) >= 11 is 0. The number of aromatic nitrogens is 6. The number of carbonyl (C=O) groups is 1. The number of amides is 1. The number of nitrogens with one attached hydrogen (secondary N) is 2. The molecule has 1 aliphatic heterocycles.